The van der Waals surface area contributed by atoms with Crippen molar-refractivity contribution in [3.05, 3.63) is 24.3 Å². The highest BCUT2D eigenvalue weighted by atomic mass is 32.2. The highest BCUT2D eigenvalue weighted by Gasteiger charge is 2.27. The number of anilines is 1. The molecule has 0 radical (unpaired) electrons. The highest BCUT2D eigenvalue weighted by molar-refractivity contribution is 7.92. The number of nitrogens with one attached hydrogen (secondary N) is 1. The van der Waals surface area contributed by atoms with Crippen LogP contribution in [0.15, 0.2) is 24.3 Å². The topological polar surface area (TPSA) is 81.7 Å². The fraction of sp³-hybridized carbons (Fsp3) is 0.667. The van der Waals surface area contributed by atoms with Crippen LogP contribution in [0.4, 0.5) is 5.69 Å². The number of hydrogen-bond donors (Lipinski definition) is 1. The summed E-state index contributed by atoms with van der Waals surface area (Å²) in [6, 6.07) is 6.41. The molecule has 0 aromatic heterocycles. The summed E-state index contributed by atoms with van der Waals surface area (Å²) < 4.78 is 50.5. The Morgan fingerprint density at radius 2 is 1.58 bits per heavy atom. The van der Waals surface area contributed by atoms with Gasteiger partial charge in [0.05, 0.1) is 24.3 Å². The molecule has 1 aromatic rings. The number of unbranched alkanes of at least 4 members (excludes halogenated alkanes) is 5. The van der Waals surface area contributed by atoms with Crippen LogP contribution in [0.25, 0.3) is 0 Å². The molecule has 0 fully saturated rings. The smallest absolute Gasteiger partial charge is 0.305 e. The predicted octanol–water partition coefficient (Wildman–Crippen LogP) is 4.68. The van der Waals surface area contributed by atoms with E-state index in [1.807, 2.05) is 0 Å². The van der Waals surface area contributed by atoms with Gasteiger partial charge in [-0.3, -0.25) is 9.29 Å². The van der Waals surface area contributed by atoms with Crippen molar-refractivity contribution in [3.63, 3.8) is 0 Å². The monoisotopic (exact) mass is 405 g/mol. The van der Waals surface area contributed by atoms with Crippen molar-refractivity contribution in [2.24, 2.45) is 0 Å². The van der Waals surface area contributed by atoms with E-state index in [4.69, 9.17) is 9.05 Å². The van der Waals surface area contributed by atoms with Gasteiger partial charge < -0.3 is 9.05 Å². The molecule has 0 aliphatic carbocycles. The molecule has 8 heteroatoms. The minimum atomic E-state index is -3.44. The molecule has 0 heterocycles. The highest BCUT2D eigenvalue weighted by Crippen LogP contribution is 2.47. The first-order valence-corrected chi connectivity index (χ1v) is 12.6. The zero-order chi connectivity index (χ0) is 19.5. The van der Waals surface area contributed by atoms with Crippen LogP contribution < -0.4 is 10.0 Å². The van der Waals surface area contributed by atoms with E-state index in [1.165, 1.54) is 18.9 Å². The third-order valence-corrected chi connectivity index (χ3v) is 7.28. The fourth-order valence-corrected chi connectivity index (χ4v) is 5.36. The lowest BCUT2D eigenvalue weighted by atomic mass is 10.1. The third kappa shape index (κ3) is 8.21. The van der Waals surface area contributed by atoms with Crippen LogP contribution in [0.1, 0.15) is 59.3 Å². The second kappa shape index (κ2) is 11.8. The average Bonchev–Trinajstić information content (AvgIpc) is 2.58. The molecule has 0 aliphatic rings. The van der Waals surface area contributed by atoms with Gasteiger partial charge in [0, 0.05) is 5.69 Å². The Hall–Kier alpha value is -0.880. The largest absolute Gasteiger partial charge is 0.361 e. The molecule has 0 saturated carbocycles. The molecule has 150 valence electrons. The maximum absolute atomic E-state index is 12.8. The Morgan fingerprint density at radius 1 is 0.962 bits per heavy atom. The first kappa shape index (κ1) is 23.2. The summed E-state index contributed by atoms with van der Waals surface area (Å²) in [5, 5.41) is 0.348. The molecule has 0 bridgehead atoms. The SMILES string of the molecule is CCCCCCCCS(=O)(=O)Nc1cccc(P(=O)(OCC)OCC)c1. The van der Waals surface area contributed by atoms with Crippen molar-refractivity contribution in [1.82, 2.24) is 0 Å². The van der Waals surface area contributed by atoms with Crippen molar-refractivity contribution >= 4 is 28.6 Å². The standard InChI is InChI=1S/C18H32NO5PS/c1-4-7-8-9-10-11-15-26(21,22)19-17-13-12-14-18(16-17)25(20,23-5-2)24-6-3/h12-14,16,19H,4-11,15H2,1-3H3. The molecule has 0 aliphatic heterocycles. The van der Waals surface area contributed by atoms with Gasteiger partial charge in [-0.1, -0.05) is 45.1 Å². The third-order valence-electron chi connectivity index (χ3n) is 3.80. The molecule has 0 atom stereocenters. The lowest BCUT2D eigenvalue weighted by Crippen LogP contribution is -2.18. The molecule has 0 unspecified atom stereocenters. The summed E-state index contributed by atoms with van der Waals surface area (Å²) in [4.78, 5) is 0. The molecule has 6 nitrogen and oxygen atoms in total. The average molecular weight is 405 g/mol. The molecule has 0 amide bonds. The summed E-state index contributed by atoms with van der Waals surface area (Å²) in [5.74, 6) is 0.0813. The molecular formula is C18H32NO5PS. The van der Waals surface area contributed by atoms with Crippen LogP contribution in [0.3, 0.4) is 0 Å². The quantitative estimate of drug-likeness (QED) is 0.359. The molecule has 0 saturated heterocycles. The van der Waals surface area contributed by atoms with Crippen LogP contribution >= 0.6 is 7.60 Å². The van der Waals surface area contributed by atoms with Gasteiger partial charge in [-0.15, -0.1) is 0 Å². The van der Waals surface area contributed by atoms with Gasteiger partial charge in [0.1, 0.15) is 0 Å². The van der Waals surface area contributed by atoms with E-state index in [2.05, 4.69) is 11.6 Å². The Labute approximate surface area is 158 Å². The summed E-state index contributed by atoms with van der Waals surface area (Å²) in [6.45, 7) is 6.10. The van der Waals surface area contributed by atoms with Crippen LogP contribution in [-0.2, 0) is 23.6 Å². The number of sulfonamides is 1. The van der Waals surface area contributed by atoms with E-state index in [0.717, 1.165) is 19.3 Å². The van der Waals surface area contributed by atoms with Gasteiger partial charge in [0.25, 0.3) is 0 Å². The zero-order valence-electron chi connectivity index (χ0n) is 16.1. The van der Waals surface area contributed by atoms with Crippen molar-refractivity contribution in [2.45, 2.75) is 59.3 Å². The van der Waals surface area contributed by atoms with Crippen molar-refractivity contribution in [1.29, 1.82) is 0 Å². The van der Waals surface area contributed by atoms with Gasteiger partial charge >= 0.3 is 7.60 Å². The maximum Gasteiger partial charge on any atom is 0.361 e. The summed E-state index contributed by atoms with van der Waals surface area (Å²) in [7, 11) is -6.87. The molecule has 26 heavy (non-hydrogen) atoms. The van der Waals surface area contributed by atoms with Gasteiger partial charge in [0.15, 0.2) is 0 Å². The van der Waals surface area contributed by atoms with Gasteiger partial charge in [-0.25, -0.2) is 8.42 Å². The lowest BCUT2D eigenvalue weighted by molar-refractivity contribution is 0.230. The maximum atomic E-state index is 12.8. The number of benzene rings is 1. The van der Waals surface area contributed by atoms with Crippen molar-refractivity contribution in [3.8, 4) is 0 Å². The molecule has 1 rings (SSSR count). The second-order valence-corrected chi connectivity index (χ2v) is 9.94. The zero-order valence-corrected chi connectivity index (χ0v) is 17.8. The minimum Gasteiger partial charge on any atom is -0.305 e. The molecular weight excluding hydrogens is 373 g/mol. The van der Waals surface area contributed by atoms with E-state index in [1.54, 1.807) is 32.0 Å². The van der Waals surface area contributed by atoms with E-state index >= 15 is 0 Å². The van der Waals surface area contributed by atoms with Gasteiger partial charge in [-0.2, -0.15) is 0 Å². The van der Waals surface area contributed by atoms with Crippen molar-refractivity contribution in [2.75, 3.05) is 23.7 Å². The van der Waals surface area contributed by atoms with E-state index in [-0.39, 0.29) is 19.0 Å². The Balaban J connectivity index is 2.70. The van der Waals surface area contributed by atoms with E-state index < -0.39 is 17.6 Å². The molecule has 0 spiro atoms. The Kier molecular flexibility index (Phi) is 10.5. The summed E-state index contributed by atoms with van der Waals surface area (Å²) in [6.07, 6.45) is 6.11. The van der Waals surface area contributed by atoms with Gasteiger partial charge in [-0.05, 0) is 38.5 Å². The number of hydrogen-bond acceptors (Lipinski definition) is 5. The van der Waals surface area contributed by atoms with E-state index in [9.17, 15) is 13.0 Å². The summed E-state index contributed by atoms with van der Waals surface area (Å²) >= 11 is 0. The van der Waals surface area contributed by atoms with Gasteiger partial charge in [0.2, 0.25) is 10.0 Å². The van der Waals surface area contributed by atoms with Crippen LogP contribution in [0.5, 0.6) is 0 Å². The molecule has 1 N–H and O–H groups in total. The predicted molar refractivity (Wildman–Crippen MR) is 108 cm³/mol. The normalized spacial score (nSPS) is 12.3. The second-order valence-electron chi connectivity index (χ2n) is 6.07. The van der Waals surface area contributed by atoms with Crippen molar-refractivity contribution < 1.29 is 22.0 Å². The summed E-state index contributed by atoms with van der Waals surface area (Å²) in [5.41, 5.74) is 0.369. The molecule has 1 aromatic carbocycles. The number of rotatable bonds is 14. The fourth-order valence-electron chi connectivity index (χ4n) is 2.57. The Bertz CT molecular complexity index is 668. The first-order valence-electron chi connectivity index (χ1n) is 9.37. The van der Waals surface area contributed by atoms with Crippen LogP contribution in [0, 0.1) is 0 Å². The van der Waals surface area contributed by atoms with Crippen LogP contribution in [0.2, 0.25) is 0 Å². The Morgan fingerprint density at radius 3 is 2.19 bits per heavy atom. The van der Waals surface area contributed by atoms with Crippen LogP contribution in [-0.4, -0.2) is 27.4 Å². The lowest BCUT2D eigenvalue weighted by Gasteiger charge is -2.18. The first-order chi connectivity index (χ1) is 12.4. The minimum absolute atomic E-state index is 0.0813. The van der Waals surface area contributed by atoms with E-state index in [0.29, 0.717) is 17.4 Å².